The summed E-state index contributed by atoms with van der Waals surface area (Å²) < 4.78 is 35.6. The summed E-state index contributed by atoms with van der Waals surface area (Å²) in [5.74, 6) is -0.521. The van der Waals surface area contributed by atoms with Crippen LogP contribution < -0.4 is 5.32 Å². The Hall–Kier alpha value is -1.47. The molecule has 1 amide bonds. The zero-order valence-corrected chi connectivity index (χ0v) is 13.1. The highest BCUT2D eigenvalue weighted by Gasteiger charge is 2.39. The van der Waals surface area contributed by atoms with Crippen molar-refractivity contribution in [2.75, 3.05) is 19.3 Å². The maximum absolute atomic E-state index is 13.0. The van der Waals surface area contributed by atoms with E-state index in [1.807, 2.05) is 0 Å². The Balaban J connectivity index is 2.28. The van der Waals surface area contributed by atoms with Gasteiger partial charge in [-0.05, 0) is 31.5 Å². The average molecular weight is 314 g/mol. The molecule has 0 aromatic heterocycles. The summed E-state index contributed by atoms with van der Waals surface area (Å²) in [5, 5.41) is 3.03. The molecule has 1 unspecified atom stereocenters. The van der Waals surface area contributed by atoms with Crippen molar-refractivity contribution in [3.05, 3.63) is 35.6 Å². The number of rotatable bonds is 4. The fourth-order valence-corrected chi connectivity index (χ4v) is 2.56. The zero-order valence-electron chi connectivity index (χ0n) is 12.3. The number of carbonyl (C=O) groups is 1. The predicted octanol–water partition coefficient (Wildman–Crippen LogP) is 1.08. The van der Waals surface area contributed by atoms with Crippen LogP contribution in [0.3, 0.4) is 0 Å². The van der Waals surface area contributed by atoms with Gasteiger partial charge in [0.15, 0.2) is 9.84 Å². The van der Waals surface area contributed by atoms with E-state index >= 15 is 0 Å². The number of amides is 1. The lowest BCUT2D eigenvalue weighted by Gasteiger charge is -2.32. The topological polar surface area (TPSA) is 66.5 Å². The highest BCUT2D eigenvalue weighted by atomic mass is 32.2. The van der Waals surface area contributed by atoms with Gasteiger partial charge in [-0.25, -0.2) is 12.8 Å². The molecule has 1 atom stereocenters. The van der Waals surface area contributed by atoms with Crippen LogP contribution in [-0.4, -0.2) is 43.3 Å². The summed E-state index contributed by atoms with van der Waals surface area (Å²) in [5.41, 5.74) is 0.728. The second kappa shape index (κ2) is 5.38. The van der Waals surface area contributed by atoms with Crippen LogP contribution >= 0.6 is 0 Å². The van der Waals surface area contributed by atoms with E-state index in [1.165, 1.54) is 17.0 Å². The molecule has 1 saturated heterocycles. The standard InChI is InChI=1S/C14H19FN2O3S/c1-14(2,21(3,19)20)9-17-12(18)8-16-13(17)10-4-6-11(15)7-5-10/h4-7,13,16H,8-9H2,1-3H3. The van der Waals surface area contributed by atoms with Gasteiger partial charge in [0.2, 0.25) is 5.91 Å². The molecule has 0 spiro atoms. The Labute approximate surface area is 124 Å². The summed E-state index contributed by atoms with van der Waals surface area (Å²) in [7, 11) is -3.31. The Bertz CT molecular complexity index is 641. The third-order valence-corrected chi connectivity index (χ3v) is 5.96. The van der Waals surface area contributed by atoms with Gasteiger partial charge in [-0.3, -0.25) is 10.1 Å². The minimum atomic E-state index is -3.31. The molecule has 0 saturated carbocycles. The van der Waals surface area contributed by atoms with E-state index < -0.39 is 20.8 Å². The van der Waals surface area contributed by atoms with E-state index in [0.717, 1.165) is 11.8 Å². The fourth-order valence-electron chi connectivity index (χ4n) is 2.19. The quantitative estimate of drug-likeness (QED) is 0.903. The van der Waals surface area contributed by atoms with Crippen LogP contribution in [-0.2, 0) is 14.6 Å². The van der Waals surface area contributed by atoms with E-state index in [0.29, 0.717) is 0 Å². The SMILES string of the molecule is CC(C)(CN1C(=O)CNC1c1ccc(F)cc1)S(C)(=O)=O. The van der Waals surface area contributed by atoms with Crippen molar-refractivity contribution in [2.24, 2.45) is 0 Å². The van der Waals surface area contributed by atoms with Gasteiger partial charge in [0, 0.05) is 12.8 Å². The first kappa shape index (κ1) is 15.9. The number of benzene rings is 1. The minimum absolute atomic E-state index is 0.0830. The molecule has 1 aliphatic rings. The first-order valence-electron chi connectivity index (χ1n) is 6.60. The van der Waals surface area contributed by atoms with Gasteiger partial charge in [-0.15, -0.1) is 0 Å². The van der Waals surface area contributed by atoms with Crippen molar-refractivity contribution in [2.45, 2.75) is 24.8 Å². The van der Waals surface area contributed by atoms with E-state index in [4.69, 9.17) is 0 Å². The van der Waals surface area contributed by atoms with Crippen LogP contribution in [0.4, 0.5) is 4.39 Å². The van der Waals surface area contributed by atoms with Crippen molar-refractivity contribution < 1.29 is 17.6 Å². The first-order chi connectivity index (χ1) is 9.62. The number of hydrogen-bond donors (Lipinski definition) is 1. The number of halogens is 1. The second-order valence-electron chi connectivity index (χ2n) is 5.89. The summed E-state index contributed by atoms with van der Waals surface area (Å²) in [6.07, 6.45) is 0.729. The van der Waals surface area contributed by atoms with Crippen molar-refractivity contribution in [3.63, 3.8) is 0 Å². The summed E-state index contributed by atoms with van der Waals surface area (Å²) in [4.78, 5) is 13.5. The number of sulfone groups is 1. The second-order valence-corrected chi connectivity index (χ2v) is 8.54. The number of nitrogens with one attached hydrogen (secondary N) is 1. The average Bonchev–Trinajstić information content (AvgIpc) is 2.70. The number of carbonyl (C=O) groups excluding carboxylic acids is 1. The highest BCUT2D eigenvalue weighted by molar-refractivity contribution is 7.92. The fraction of sp³-hybridized carbons (Fsp3) is 0.500. The molecule has 0 radical (unpaired) electrons. The van der Waals surface area contributed by atoms with E-state index in [2.05, 4.69) is 5.32 Å². The van der Waals surface area contributed by atoms with Crippen LogP contribution in [0.15, 0.2) is 24.3 Å². The van der Waals surface area contributed by atoms with Crippen molar-refractivity contribution in [3.8, 4) is 0 Å². The predicted molar refractivity (Wildman–Crippen MR) is 77.8 cm³/mol. The molecule has 5 nitrogen and oxygen atoms in total. The molecule has 1 aliphatic heterocycles. The van der Waals surface area contributed by atoms with Crippen LogP contribution in [0.2, 0.25) is 0 Å². The Morgan fingerprint density at radius 2 is 1.90 bits per heavy atom. The molecular formula is C14H19FN2O3S. The number of nitrogens with zero attached hydrogens (tertiary/aromatic N) is 1. The third-order valence-electron chi connectivity index (χ3n) is 3.82. The molecule has 116 valence electrons. The Morgan fingerprint density at radius 1 is 1.33 bits per heavy atom. The lowest BCUT2D eigenvalue weighted by Crippen LogP contribution is -2.46. The molecule has 1 aromatic rings. The molecule has 2 rings (SSSR count). The molecule has 0 bridgehead atoms. The highest BCUT2D eigenvalue weighted by Crippen LogP contribution is 2.27. The molecule has 1 fully saturated rings. The van der Waals surface area contributed by atoms with Crippen LogP contribution in [0, 0.1) is 5.82 Å². The first-order valence-corrected chi connectivity index (χ1v) is 8.49. The van der Waals surface area contributed by atoms with E-state index in [-0.39, 0.29) is 24.8 Å². The van der Waals surface area contributed by atoms with Gasteiger partial charge in [0.1, 0.15) is 12.0 Å². The van der Waals surface area contributed by atoms with Gasteiger partial charge < -0.3 is 4.90 Å². The smallest absolute Gasteiger partial charge is 0.238 e. The largest absolute Gasteiger partial charge is 0.320 e. The maximum atomic E-state index is 13.0. The minimum Gasteiger partial charge on any atom is -0.320 e. The molecule has 7 heteroatoms. The molecular weight excluding hydrogens is 295 g/mol. The molecule has 1 aromatic carbocycles. The monoisotopic (exact) mass is 314 g/mol. The molecule has 1 heterocycles. The van der Waals surface area contributed by atoms with Crippen LogP contribution in [0.5, 0.6) is 0 Å². The summed E-state index contributed by atoms with van der Waals surface area (Å²) in [6, 6.07) is 5.82. The van der Waals surface area contributed by atoms with Crippen molar-refractivity contribution >= 4 is 15.7 Å². The van der Waals surface area contributed by atoms with Gasteiger partial charge in [0.25, 0.3) is 0 Å². The Morgan fingerprint density at radius 3 is 2.43 bits per heavy atom. The molecule has 0 aliphatic carbocycles. The van der Waals surface area contributed by atoms with Gasteiger partial charge in [-0.1, -0.05) is 12.1 Å². The van der Waals surface area contributed by atoms with E-state index in [1.54, 1.807) is 26.0 Å². The van der Waals surface area contributed by atoms with Gasteiger partial charge in [-0.2, -0.15) is 0 Å². The lowest BCUT2D eigenvalue weighted by molar-refractivity contribution is -0.128. The van der Waals surface area contributed by atoms with Crippen LogP contribution in [0.25, 0.3) is 0 Å². The van der Waals surface area contributed by atoms with Crippen LogP contribution in [0.1, 0.15) is 25.6 Å². The third kappa shape index (κ3) is 3.24. The Kier molecular flexibility index (Phi) is 4.08. The normalized spacial score (nSPS) is 20.1. The molecule has 21 heavy (non-hydrogen) atoms. The molecule has 1 N–H and O–H groups in total. The van der Waals surface area contributed by atoms with Crippen molar-refractivity contribution in [1.82, 2.24) is 10.2 Å². The maximum Gasteiger partial charge on any atom is 0.238 e. The van der Waals surface area contributed by atoms with Gasteiger partial charge in [0.05, 0.1) is 11.3 Å². The number of hydrogen-bond acceptors (Lipinski definition) is 4. The van der Waals surface area contributed by atoms with E-state index in [9.17, 15) is 17.6 Å². The summed E-state index contributed by atoms with van der Waals surface area (Å²) in [6.45, 7) is 3.41. The lowest BCUT2D eigenvalue weighted by atomic mass is 10.1. The zero-order chi connectivity index (χ0) is 15.8. The summed E-state index contributed by atoms with van der Waals surface area (Å²) >= 11 is 0. The van der Waals surface area contributed by atoms with Crippen molar-refractivity contribution in [1.29, 1.82) is 0 Å². The van der Waals surface area contributed by atoms with Gasteiger partial charge >= 0.3 is 0 Å².